The van der Waals surface area contributed by atoms with E-state index < -0.39 is 10.0 Å². The van der Waals surface area contributed by atoms with Crippen molar-refractivity contribution in [3.05, 3.63) is 121 Å². The van der Waals surface area contributed by atoms with E-state index in [1.807, 2.05) is 0 Å². The molecule has 0 bridgehead atoms. The van der Waals surface area contributed by atoms with Crippen LogP contribution in [-0.4, -0.2) is 0 Å². The Bertz CT molecular complexity index is 895. The zero-order valence-electron chi connectivity index (χ0n) is 15.6. The van der Waals surface area contributed by atoms with Gasteiger partial charge in [-0.05, 0) is 54.4 Å². The molecule has 0 radical (unpaired) electrons. The first kappa shape index (κ1) is 17.6. The van der Waals surface area contributed by atoms with Gasteiger partial charge >= 0.3 is 0 Å². The van der Waals surface area contributed by atoms with Crippen LogP contribution in [0.1, 0.15) is 12.5 Å². The number of rotatable bonds is 5. The minimum Gasteiger partial charge on any atom is -0.133 e. The summed E-state index contributed by atoms with van der Waals surface area (Å²) >= 11 is 0. The first-order valence-electron chi connectivity index (χ1n) is 9.44. The van der Waals surface area contributed by atoms with Crippen molar-refractivity contribution in [1.29, 1.82) is 0 Å². The number of benzene rings is 4. The Morgan fingerprint density at radius 1 is 0.481 bits per heavy atom. The second-order valence-corrected chi connectivity index (χ2v) is 9.59. The maximum atomic E-state index is 2.33. The molecule has 4 aromatic rings. The van der Waals surface area contributed by atoms with Crippen molar-refractivity contribution in [2.45, 2.75) is 32.9 Å². The van der Waals surface area contributed by atoms with Crippen LogP contribution in [0.4, 0.5) is 0 Å². The normalized spacial score (nSPS) is 11.9. The molecule has 0 saturated heterocycles. The summed E-state index contributed by atoms with van der Waals surface area (Å²) in [5, 5.41) is 0. The number of aryl methyl sites for hydroxylation is 1. The van der Waals surface area contributed by atoms with E-state index in [0.717, 1.165) is 6.42 Å². The first-order valence-corrected chi connectivity index (χ1v) is 11.1. The van der Waals surface area contributed by atoms with Gasteiger partial charge in [-0.1, -0.05) is 79.7 Å². The molecule has 0 saturated carbocycles. The summed E-state index contributed by atoms with van der Waals surface area (Å²) in [4.78, 5) is 5.58. The second-order valence-electron chi connectivity index (χ2n) is 6.51. The predicted octanol–water partition coefficient (Wildman–Crippen LogP) is 7.59. The Kier molecular flexibility index (Phi) is 5.13. The van der Waals surface area contributed by atoms with Gasteiger partial charge in [-0.2, -0.15) is 0 Å². The Hall–Kier alpha value is -2.77. The van der Waals surface area contributed by atoms with Crippen molar-refractivity contribution in [1.82, 2.24) is 0 Å². The lowest BCUT2D eigenvalue weighted by molar-refractivity contribution is 1.06. The van der Waals surface area contributed by atoms with Crippen LogP contribution in [0, 0.1) is 0 Å². The van der Waals surface area contributed by atoms with Crippen LogP contribution in [0.15, 0.2) is 135 Å². The molecule has 0 aliphatic rings. The Morgan fingerprint density at radius 2 is 0.852 bits per heavy atom. The molecule has 27 heavy (non-hydrogen) atoms. The van der Waals surface area contributed by atoms with Crippen molar-refractivity contribution in [2.75, 3.05) is 0 Å². The molecule has 0 fully saturated rings. The third kappa shape index (κ3) is 3.09. The standard InChI is InChI=1S/C26H24S/c1-2-22-14-12-13-21-26(22)27(23-15-6-3-7-16-23,24-17-8-4-9-18-24)25-19-10-5-11-20-25/h3-21H,2H2,1H3. The zero-order chi connectivity index (χ0) is 18.5. The molecule has 1 heteroatoms. The van der Waals surface area contributed by atoms with E-state index >= 15 is 0 Å². The van der Waals surface area contributed by atoms with Gasteiger partial charge in [0.05, 0.1) is 0 Å². The van der Waals surface area contributed by atoms with Gasteiger partial charge in [0.1, 0.15) is 0 Å². The molecule has 0 spiro atoms. The molecule has 0 unspecified atom stereocenters. The highest BCUT2D eigenvalue weighted by atomic mass is 32.3. The second kappa shape index (κ2) is 7.85. The summed E-state index contributed by atoms with van der Waals surface area (Å²) in [5.41, 5.74) is 1.42. The molecule has 0 heterocycles. The molecule has 0 amide bonds. The Labute approximate surface area is 163 Å². The van der Waals surface area contributed by atoms with Gasteiger partial charge in [-0.3, -0.25) is 0 Å². The molecule has 0 aromatic heterocycles. The van der Waals surface area contributed by atoms with Gasteiger partial charge in [0, 0.05) is 19.6 Å². The fourth-order valence-electron chi connectivity index (χ4n) is 3.76. The molecular weight excluding hydrogens is 344 g/mol. The lowest BCUT2D eigenvalue weighted by Crippen LogP contribution is -2.07. The van der Waals surface area contributed by atoms with Crippen LogP contribution in [0.25, 0.3) is 0 Å². The molecule has 0 nitrogen and oxygen atoms in total. The molecule has 134 valence electrons. The van der Waals surface area contributed by atoms with Gasteiger partial charge in [-0.25, -0.2) is 0 Å². The van der Waals surface area contributed by atoms with E-state index in [1.165, 1.54) is 25.1 Å². The van der Waals surface area contributed by atoms with E-state index in [9.17, 15) is 0 Å². The molecule has 4 aromatic carbocycles. The summed E-state index contributed by atoms with van der Waals surface area (Å²) in [5.74, 6) is 0. The Morgan fingerprint density at radius 3 is 1.26 bits per heavy atom. The maximum Gasteiger partial charge on any atom is 0.00549 e. The highest BCUT2D eigenvalue weighted by Gasteiger charge is 2.34. The predicted molar refractivity (Wildman–Crippen MR) is 116 cm³/mol. The van der Waals surface area contributed by atoms with Gasteiger partial charge in [0.2, 0.25) is 0 Å². The Balaban J connectivity index is 2.17. The van der Waals surface area contributed by atoms with Crippen LogP contribution in [-0.2, 0) is 6.42 Å². The quantitative estimate of drug-likeness (QED) is 0.340. The van der Waals surface area contributed by atoms with Crippen molar-refractivity contribution in [3.8, 4) is 0 Å². The van der Waals surface area contributed by atoms with Crippen molar-refractivity contribution >= 4 is 10.0 Å². The highest BCUT2D eigenvalue weighted by Crippen LogP contribution is 2.74. The fraction of sp³-hybridized carbons (Fsp3) is 0.0769. The highest BCUT2D eigenvalue weighted by molar-refractivity contribution is 8.34. The fourth-order valence-corrected chi connectivity index (χ4v) is 7.92. The first-order chi connectivity index (χ1) is 13.4. The monoisotopic (exact) mass is 368 g/mol. The SMILES string of the molecule is CCc1ccccc1S(c1ccccc1)(c1ccccc1)c1ccccc1. The van der Waals surface area contributed by atoms with E-state index in [4.69, 9.17) is 0 Å². The third-order valence-electron chi connectivity index (χ3n) is 4.97. The average molecular weight is 369 g/mol. The molecular formula is C26H24S. The average Bonchev–Trinajstić information content (AvgIpc) is 2.77. The molecule has 0 atom stereocenters. The maximum absolute atomic E-state index is 2.33. The molecule has 4 rings (SSSR count). The molecule has 0 aliphatic heterocycles. The minimum absolute atomic E-state index is 1.03. The van der Waals surface area contributed by atoms with Crippen LogP contribution < -0.4 is 0 Å². The zero-order valence-corrected chi connectivity index (χ0v) is 16.4. The summed E-state index contributed by atoms with van der Waals surface area (Å²) in [7, 11) is -1.55. The molecule has 0 aliphatic carbocycles. The van der Waals surface area contributed by atoms with Crippen LogP contribution >= 0.6 is 10.0 Å². The van der Waals surface area contributed by atoms with E-state index in [2.05, 4.69) is 122 Å². The van der Waals surface area contributed by atoms with Gasteiger partial charge in [-0.15, -0.1) is 10.0 Å². The van der Waals surface area contributed by atoms with Crippen LogP contribution in [0.5, 0.6) is 0 Å². The third-order valence-corrected chi connectivity index (χ3v) is 8.97. The van der Waals surface area contributed by atoms with Gasteiger partial charge < -0.3 is 0 Å². The van der Waals surface area contributed by atoms with E-state index in [0.29, 0.717) is 0 Å². The van der Waals surface area contributed by atoms with Gasteiger partial charge in [0.25, 0.3) is 0 Å². The lowest BCUT2D eigenvalue weighted by atomic mass is 10.2. The van der Waals surface area contributed by atoms with Crippen LogP contribution in [0.2, 0.25) is 0 Å². The van der Waals surface area contributed by atoms with Crippen molar-refractivity contribution < 1.29 is 0 Å². The number of hydrogen-bond donors (Lipinski definition) is 0. The van der Waals surface area contributed by atoms with Crippen molar-refractivity contribution in [3.63, 3.8) is 0 Å². The summed E-state index contributed by atoms with van der Waals surface area (Å²) < 4.78 is 0. The van der Waals surface area contributed by atoms with Crippen LogP contribution in [0.3, 0.4) is 0 Å². The lowest BCUT2D eigenvalue weighted by Gasteiger charge is -2.43. The minimum atomic E-state index is -1.55. The topological polar surface area (TPSA) is 0 Å². The molecule has 0 N–H and O–H groups in total. The summed E-state index contributed by atoms with van der Waals surface area (Å²) in [6.07, 6.45) is 1.03. The smallest absolute Gasteiger partial charge is 0.00549 e. The van der Waals surface area contributed by atoms with E-state index in [1.54, 1.807) is 0 Å². The van der Waals surface area contributed by atoms with Gasteiger partial charge in [0.15, 0.2) is 0 Å². The largest absolute Gasteiger partial charge is 0.133 e. The van der Waals surface area contributed by atoms with E-state index in [-0.39, 0.29) is 0 Å². The van der Waals surface area contributed by atoms with Crippen molar-refractivity contribution in [2.24, 2.45) is 0 Å². The summed E-state index contributed by atoms with van der Waals surface area (Å²) in [6.45, 7) is 2.25. The number of hydrogen-bond acceptors (Lipinski definition) is 0. The summed E-state index contributed by atoms with van der Waals surface area (Å²) in [6, 6.07) is 42.0.